The van der Waals surface area contributed by atoms with Crippen LogP contribution in [0.15, 0.2) is 48.0 Å². The average molecular weight is 449 g/mol. The summed E-state index contributed by atoms with van der Waals surface area (Å²) in [7, 11) is 3.85. The van der Waals surface area contributed by atoms with Crippen LogP contribution >= 0.6 is 0 Å². The van der Waals surface area contributed by atoms with E-state index in [0.717, 1.165) is 23.3 Å². The van der Waals surface area contributed by atoms with Gasteiger partial charge in [0.25, 0.3) is 11.7 Å². The Balaban J connectivity index is 1.80. The van der Waals surface area contributed by atoms with Crippen LogP contribution in [-0.4, -0.2) is 59.9 Å². The molecule has 0 unspecified atom stereocenters. The molecule has 1 fully saturated rings. The number of rotatable bonds is 6. The third kappa shape index (κ3) is 4.40. The van der Waals surface area contributed by atoms with E-state index in [0.29, 0.717) is 24.6 Å². The molecule has 2 aromatic rings. The first kappa shape index (κ1) is 23.1. The molecule has 33 heavy (non-hydrogen) atoms. The molecule has 2 aliphatic heterocycles. The zero-order valence-electron chi connectivity index (χ0n) is 20.0. The number of aliphatic hydroxyl groups is 1. The number of amides is 1. The lowest BCUT2D eigenvalue weighted by Crippen LogP contribution is -2.35. The number of aliphatic hydroxyl groups excluding tert-OH is 1. The minimum Gasteiger partial charge on any atom is -0.507 e. The van der Waals surface area contributed by atoms with Crippen LogP contribution in [0.4, 0.5) is 0 Å². The number of benzene rings is 2. The van der Waals surface area contributed by atoms with E-state index in [4.69, 9.17) is 4.74 Å². The highest BCUT2D eigenvalue weighted by Gasteiger charge is 2.46. The van der Waals surface area contributed by atoms with E-state index in [1.54, 1.807) is 11.0 Å². The molecule has 2 heterocycles. The van der Waals surface area contributed by atoms with Crippen molar-refractivity contribution in [3.05, 3.63) is 70.3 Å². The van der Waals surface area contributed by atoms with Gasteiger partial charge in [0.2, 0.25) is 0 Å². The van der Waals surface area contributed by atoms with Gasteiger partial charge in [-0.15, -0.1) is 0 Å². The van der Waals surface area contributed by atoms with Gasteiger partial charge in [-0.3, -0.25) is 9.59 Å². The Kier molecular flexibility index (Phi) is 6.30. The van der Waals surface area contributed by atoms with E-state index in [-0.39, 0.29) is 17.4 Å². The Morgan fingerprint density at radius 3 is 2.48 bits per heavy atom. The minimum atomic E-state index is -0.644. The smallest absolute Gasteiger partial charge is 0.295 e. The fourth-order valence-electron chi connectivity index (χ4n) is 4.55. The summed E-state index contributed by atoms with van der Waals surface area (Å²) in [5, 5.41) is 11.3. The maximum Gasteiger partial charge on any atom is 0.295 e. The number of ketones is 1. The summed E-state index contributed by atoms with van der Waals surface area (Å²) in [6.45, 7) is 7.24. The predicted octanol–water partition coefficient (Wildman–Crippen LogP) is 4.12. The Morgan fingerprint density at radius 2 is 1.85 bits per heavy atom. The van der Waals surface area contributed by atoms with Gasteiger partial charge in [0.1, 0.15) is 17.6 Å². The summed E-state index contributed by atoms with van der Waals surface area (Å²) in [6, 6.07) is 12.8. The van der Waals surface area contributed by atoms with Crippen LogP contribution in [0.3, 0.4) is 0 Å². The van der Waals surface area contributed by atoms with Gasteiger partial charge in [-0.2, -0.15) is 0 Å². The molecule has 174 valence electrons. The summed E-state index contributed by atoms with van der Waals surface area (Å²) in [5.41, 5.74) is 3.66. The van der Waals surface area contributed by atoms with Crippen molar-refractivity contribution in [3.8, 4) is 5.75 Å². The molecule has 1 N–H and O–H groups in total. The zero-order chi connectivity index (χ0) is 23.9. The molecule has 2 aromatic carbocycles. The second-order valence-electron chi connectivity index (χ2n) is 9.57. The second kappa shape index (κ2) is 9.02. The quantitative estimate of drug-likeness (QED) is 0.409. The molecule has 2 atom stereocenters. The lowest BCUT2D eigenvalue weighted by molar-refractivity contribution is -0.140. The minimum absolute atomic E-state index is 0.0773. The van der Waals surface area contributed by atoms with Gasteiger partial charge >= 0.3 is 0 Å². The first-order chi connectivity index (χ1) is 15.7. The Morgan fingerprint density at radius 1 is 1.15 bits per heavy atom. The summed E-state index contributed by atoms with van der Waals surface area (Å²) in [4.78, 5) is 29.8. The van der Waals surface area contributed by atoms with Gasteiger partial charge < -0.3 is 19.6 Å². The summed E-state index contributed by atoms with van der Waals surface area (Å²) >= 11 is 0. The van der Waals surface area contributed by atoms with Gasteiger partial charge in [-0.25, -0.2) is 0 Å². The fraction of sp³-hybridized carbons (Fsp3) is 0.407. The van der Waals surface area contributed by atoms with E-state index < -0.39 is 17.7 Å². The molecule has 4 rings (SSSR count). The summed E-state index contributed by atoms with van der Waals surface area (Å²) < 4.78 is 5.77. The van der Waals surface area contributed by atoms with Crippen LogP contribution in [0, 0.1) is 0 Å². The topological polar surface area (TPSA) is 70.1 Å². The van der Waals surface area contributed by atoms with Crippen molar-refractivity contribution in [1.82, 2.24) is 9.80 Å². The van der Waals surface area contributed by atoms with Crippen LogP contribution < -0.4 is 4.74 Å². The Hall–Kier alpha value is -3.12. The van der Waals surface area contributed by atoms with Crippen LogP contribution in [0.25, 0.3) is 5.76 Å². The molecule has 0 radical (unpaired) electrons. The van der Waals surface area contributed by atoms with Crippen molar-refractivity contribution < 1.29 is 19.4 Å². The lowest BCUT2D eigenvalue weighted by atomic mass is 9.92. The number of hydrogen-bond donors (Lipinski definition) is 1. The molecule has 0 aliphatic carbocycles. The number of carbonyl (C=O) groups is 2. The summed E-state index contributed by atoms with van der Waals surface area (Å²) in [5.74, 6) is -0.189. The SMILES string of the molecule is CC(C)c1ccc([C@H]2/C(=C(\O)c3ccc4c(c3)C[C@H](C)O4)C(=O)C(=O)N2CCN(C)C)cc1. The maximum absolute atomic E-state index is 13.2. The summed E-state index contributed by atoms with van der Waals surface area (Å²) in [6.07, 6.45) is 0.821. The molecule has 0 aromatic heterocycles. The number of fused-ring (bicyclic) bond motifs is 1. The molecule has 6 heteroatoms. The molecule has 1 saturated heterocycles. The van der Waals surface area contributed by atoms with Gasteiger partial charge in [0.05, 0.1) is 11.6 Å². The van der Waals surface area contributed by atoms with Gasteiger partial charge in [-0.05, 0) is 61.8 Å². The average Bonchev–Trinajstić information content (AvgIpc) is 3.27. The second-order valence-corrected chi connectivity index (χ2v) is 9.57. The molecule has 1 amide bonds. The standard InChI is InChI=1S/C27H32N2O4/c1-16(2)18-6-8-19(9-7-18)24-23(26(31)27(32)29(24)13-12-28(4)5)25(30)20-10-11-22-21(15-20)14-17(3)33-22/h6-11,15-17,24,30H,12-14H2,1-5H3/b25-23+/t17-,24-/m0/s1. The van der Waals surface area contributed by atoms with Crippen LogP contribution in [0.5, 0.6) is 5.75 Å². The highest BCUT2D eigenvalue weighted by molar-refractivity contribution is 6.46. The molecule has 0 saturated carbocycles. The van der Waals surface area contributed by atoms with Crippen molar-refractivity contribution in [1.29, 1.82) is 0 Å². The Bertz CT molecular complexity index is 1100. The Labute approximate surface area is 195 Å². The monoisotopic (exact) mass is 448 g/mol. The van der Waals surface area contributed by atoms with Crippen molar-refractivity contribution in [2.75, 3.05) is 27.2 Å². The van der Waals surface area contributed by atoms with E-state index >= 15 is 0 Å². The predicted molar refractivity (Wildman–Crippen MR) is 128 cm³/mol. The molecule has 6 nitrogen and oxygen atoms in total. The number of hydrogen-bond acceptors (Lipinski definition) is 5. The van der Waals surface area contributed by atoms with Crippen LogP contribution in [-0.2, 0) is 16.0 Å². The van der Waals surface area contributed by atoms with Gasteiger partial charge in [0.15, 0.2) is 0 Å². The number of Topliss-reactive ketones (excluding diaryl/α,β-unsaturated/α-hetero) is 1. The van der Waals surface area contributed by atoms with Gasteiger partial charge in [0, 0.05) is 25.1 Å². The molecular weight excluding hydrogens is 416 g/mol. The highest BCUT2D eigenvalue weighted by atomic mass is 16.5. The van der Waals surface area contributed by atoms with Gasteiger partial charge in [-0.1, -0.05) is 38.1 Å². The van der Waals surface area contributed by atoms with Crippen molar-refractivity contribution in [2.45, 2.75) is 45.3 Å². The number of ether oxygens (including phenoxy) is 1. The van der Waals surface area contributed by atoms with Crippen LogP contribution in [0.2, 0.25) is 0 Å². The number of likely N-dealkylation sites (N-methyl/N-ethyl adjacent to an activating group) is 1. The number of likely N-dealkylation sites (tertiary alicyclic amines) is 1. The van der Waals surface area contributed by atoms with Crippen molar-refractivity contribution >= 4 is 17.4 Å². The van der Waals surface area contributed by atoms with E-state index in [1.165, 1.54) is 5.56 Å². The maximum atomic E-state index is 13.2. The molecular formula is C27H32N2O4. The third-order valence-electron chi connectivity index (χ3n) is 6.42. The van der Waals surface area contributed by atoms with Crippen molar-refractivity contribution in [3.63, 3.8) is 0 Å². The van der Waals surface area contributed by atoms with E-state index in [9.17, 15) is 14.7 Å². The largest absolute Gasteiger partial charge is 0.507 e. The van der Waals surface area contributed by atoms with E-state index in [1.807, 2.05) is 62.3 Å². The van der Waals surface area contributed by atoms with Crippen LogP contribution in [0.1, 0.15) is 55.0 Å². The van der Waals surface area contributed by atoms with E-state index in [2.05, 4.69) is 13.8 Å². The fourth-order valence-corrected chi connectivity index (χ4v) is 4.55. The molecule has 2 aliphatic rings. The van der Waals surface area contributed by atoms with Crippen molar-refractivity contribution in [2.24, 2.45) is 0 Å². The zero-order valence-corrected chi connectivity index (χ0v) is 20.0. The molecule has 0 spiro atoms. The lowest BCUT2D eigenvalue weighted by Gasteiger charge is -2.27. The normalized spacial score (nSPS) is 21.7. The first-order valence-electron chi connectivity index (χ1n) is 11.5. The number of carbonyl (C=O) groups excluding carboxylic acids is 2. The number of nitrogens with zero attached hydrogens (tertiary/aromatic N) is 2. The third-order valence-corrected chi connectivity index (χ3v) is 6.42. The highest BCUT2D eigenvalue weighted by Crippen LogP contribution is 2.40. The molecule has 0 bridgehead atoms. The first-order valence-corrected chi connectivity index (χ1v) is 11.5.